The van der Waals surface area contributed by atoms with Crippen LogP contribution in [0.2, 0.25) is 0 Å². The molecule has 85 heavy (non-hydrogen) atoms. The molecule has 27 atom stereocenters. The average molecular weight is 1200 g/mol. The van der Waals surface area contributed by atoms with Crippen LogP contribution in [0.1, 0.15) is 134 Å². The van der Waals surface area contributed by atoms with Gasteiger partial charge in [-0.15, -0.1) is 0 Å². The molecular weight excluding hydrogens is 1110 g/mol. The second-order valence-electron chi connectivity index (χ2n) is 26.2. The number of rotatable bonds is 12. The van der Waals surface area contributed by atoms with Gasteiger partial charge in [0, 0.05) is 68.3 Å². The lowest BCUT2D eigenvalue weighted by Gasteiger charge is -2.56. The van der Waals surface area contributed by atoms with E-state index in [4.69, 9.17) is 52.1 Å². The van der Waals surface area contributed by atoms with Gasteiger partial charge in [0.05, 0.1) is 74.4 Å². The van der Waals surface area contributed by atoms with Gasteiger partial charge >= 0.3 is 18.0 Å². The van der Waals surface area contributed by atoms with Crippen molar-refractivity contribution in [3.05, 3.63) is 56.9 Å². The Morgan fingerprint density at radius 1 is 0.776 bits per heavy atom. The van der Waals surface area contributed by atoms with Crippen molar-refractivity contribution >= 4 is 23.8 Å². The molecule has 6 N–H and O–H groups in total. The third-order valence-electron chi connectivity index (χ3n) is 20.3. The van der Waals surface area contributed by atoms with Crippen LogP contribution in [0.5, 0.6) is 0 Å². The van der Waals surface area contributed by atoms with Gasteiger partial charge in [-0.1, -0.05) is 50.6 Å². The standard InChI is InChI=1S/C61H90N2O22/c1-27-13-16-42(81-48-25-59(10,63(73)74)54(34(8)79-48)62-58(72)75-12)28(2)20-39-40(66)21-36(26-64)24-61(39)56(70)49(57(71)85-61)55(69)60(11)38(27)15-14-37-50(60)29(3)19-30(4)52(37)84-47-23-44(53(33(7)78-47)80-35(9)65)83-45-18-17-43(31(5)76-45)82-46-22-41(67)51(68)32(6)77-46/h13-15,20,29-34,36-48,50-54,64,66-69H,16-19,21-26H2,1-12H3,(H,62,72)/t29-,30-,31-,32-,33-,34+,36+,37-,38-,39?,40-,41+,42-,43+,44+,45-,46+,47-,48-,50+,51-,52-,53-,54-,59-,60+,61-/m0/s1. The molecule has 0 radical (unpaired) electrons. The largest absolute Gasteiger partial charge is 0.511 e. The smallest absolute Gasteiger partial charge is 0.407 e. The van der Waals surface area contributed by atoms with Crippen LogP contribution < -0.4 is 5.32 Å². The summed E-state index contributed by atoms with van der Waals surface area (Å²) in [5.74, 6) is -6.63. The number of nitro groups is 1. The number of esters is 2. The summed E-state index contributed by atoms with van der Waals surface area (Å²) < 4.78 is 68.8. The molecule has 5 aliphatic heterocycles. The minimum Gasteiger partial charge on any atom is -0.511 e. The molecule has 1 unspecified atom stereocenters. The molecule has 9 aliphatic rings. The number of fused-ring (bicyclic) bond motifs is 4. The highest BCUT2D eigenvalue weighted by Gasteiger charge is 2.66. The molecule has 2 bridgehead atoms. The fourth-order valence-corrected chi connectivity index (χ4v) is 16.0. The summed E-state index contributed by atoms with van der Waals surface area (Å²) in [6.07, 6.45) is -4.88. The van der Waals surface area contributed by atoms with E-state index >= 15 is 4.79 Å². The van der Waals surface area contributed by atoms with Crippen LogP contribution >= 0.6 is 0 Å². The van der Waals surface area contributed by atoms with Gasteiger partial charge < -0.3 is 83.0 Å². The van der Waals surface area contributed by atoms with Crippen molar-refractivity contribution in [2.75, 3.05) is 13.7 Å². The molecule has 4 aliphatic carbocycles. The van der Waals surface area contributed by atoms with Crippen LogP contribution in [-0.2, 0) is 66.5 Å². The molecule has 5 heterocycles. The van der Waals surface area contributed by atoms with Gasteiger partial charge in [0.2, 0.25) is 11.3 Å². The van der Waals surface area contributed by atoms with Crippen LogP contribution in [0.4, 0.5) is 4.79 Å². The summed E-state index contributed by atoms with van der Waals surface area (Å²) in [7, 11) is 1.15. The Kier molecular flexibility index (Phi) is 19.6. The summed E-state index contributed by atoms with van der Waals surface area (Å²) in [5.41, 5.74) is -4.55. The first-order chi connectivity index (χ1) is 40.0. The van der Waals surface area contributed by atoms with Gasteiger partial charge in [-0.3, -0.25) is 19.7 Å². The number of ketones is 1. The topological polar surface area (TPSA) is 326 Å². The van der Waals surface area contributed by atoms with Crippen molar-refractivity contribution in [1.82, 2.24) is 5.32 Å². The Bertz CT molecular complexity index is 2620. The summed E-state index contributed by atoms with van der Waals surface area (Å²) in [5, 5.41) is 71.8. The zero-order valence-electron chi connectivity index (χ0n) is 50.9. The number of allylic oxidation sites excluding steroid dienone is 3. The number of ether oxygens (including phenoxy) is 11. The third-order valence-corrected chi connectivity index (χ3v) is 20.3. The molecular formula is C61H90N2O22. The molecule has 24 heteroatoms. The number of aliphatic hydroxyl groups is 5. The maximum Gasteiger partial charge on any atom is 0.407 e. The number of carbonyl (C=O) groups is 4. The SMILES string of the molecule is COC(=O)N[C@H]1[C@@H](C)O[C@@H](O[C@H]2CC=C(C)[C@@H]3C=C[C@@H]4[C@@H](O[C@H]5C[C@@H](O[C@H]6CC[C@@H](O[C@@H]7C[C@@H](O)[C@@H](O)[C@H](C)O7)[C@H](C)O6)[C@@H](OC(C)=O)[C@H](C)O5)[C@@H](C)C[C@H](C)[C@H]4[C@]3(C)C(O)=C3C(=O)O[C@]4(C[C@H](CO)C[C@H](O)C4C=C2C)C3=O)C[C@]1(C)[N+](=O)[O-]. The monoisotopic (exact) mass is 1200 g/mol. The average Bonchev–Trinajstić information content (AvgIpc) is 1.74. The number of Topliss-reactive ketones (excluding diaryl/α,β-unsaturated/α-hetero) is 1. The van der Waals surface area contributed by atoms with E-state index in [0.29, 0.717) is 24.8 Å². The first-order valence-electron chi connectivity index (χ1n) is 30.3. The number of methoxy groups -OCH3 is 1. The van der Waals surface area contributed by atoms with Crippen LogP contribution in [-0.4, -0.2) is 184 Å². The first-order valence-corrected chi connectivity index (χ1v) is 30.3. The van der Waals surface area contributed by atoms with Crippen molar-refractivity contribution in [2.24, 2.45) is 46.8 Å². The number of aliphatic hydroxyl groups excluding tert-OH is 5. The molecule has 476 valence electrons. The van der Waals surface area contributed by atoms with Crippen LogP contribution in [0.25, 0.3) is 0 Å². The molecule has 0 aromatic heterocycles. The van der Waals surface area contributed by atoms with E-state index in [2.05, 4.69) is 25.2 Å². The number of carbonyl (C=O) groups excluding carboxylic acids is 4. The van der Waals surface area contributed by atoms with Gasteiger partial charge in [0.1, 0.15) is 29.6 Å². The lowest BCUT2D eigenvalue weighted by atomic mass is 9.49. The lowest BCUT2D eigenvalue weighted by molar-refractivity contribution is -0.584. The molecule has 5 saturated heterocycles. The van der Waals surface area contributed by atoms with Crippen molar-refractivity contribution < 1.29 is 102 Å². The van der Waals surface area contributed by atoms with Crippen LogP contribution in [0, 0.1) is 57.0 Å². The van der Waals surface area contributed by atoms with E-state index < -0.39 is 197 Å². The van der Waals surface area contributed by atoms with E-state index in [-0.39, 0.29) is 50.4 Å². The molecule has 24 nitrogen and oxygen atoms in total. The normalized spacial score (nSPS) is 46.8. The maximum atomic E-state index is 15.6. The fraction of sp³-hybridized carbons (Fsp3) is 0.803. The Morgan fingerprint density at radius 2 is 1.45 bits per heavy atom. The zero-order chi connectivity index (χ0) is 61.9. The predicted octanol–water partition coefficient (Wildman–Crippen LogP) is 5.32. The molecule has 0 aromatic carbocycles. The van der Waals surface area contributed by atoms with Gasteiger partial charge in [0.15, 0.2) is 36.9 Å². The number of hydrogen-bond donors (Lipinski definition) is 6. The van der Waals surface area contributed by atoms with Gasteiger partial charge in [-0.2, -0.15) is 0 Å². The summed E-state index contributed by atoms with van der Waals surface area (Å²) >= 11 is 0. The highest BCUT2D eigenvalue weighted by molar-refractivity contribution is 6.26. The summed E-state index contributed by atoms with van der Waals surface area (Å²) in [6, 6.07) is -1.11. The van der Waals surface area contributed by atoms with Crippen LogP contribution in [0.3, 0.4) is 0 Å². The van der Waals surface area contributed by atoms with Crippen molar-refractivity contribution in [1.29, 1.82) is 0 Å². The third kappa shape index (κ3) is 12.5. The van der Waals surface area contributed by atoms with Crippen molar-refractivity contribution in [2.45, 2.75) is 250 Å². The number of alkyl carbamates (subject to hydrolysis) is 1. The maximum absolute atomic E-state index is 15.6. The Hall–Kier alpha value is -4.44. The Morgan fingerprint density at radius 3 is 2.11 bits per heavy atom. The summed E-state index contributed by atoms with van der Waals surface area (Å²) in [6.45, 7) is 18.8. The van der Waals surface area contributed by atoms with Gasteiger partial charge in [-0.25, -0.2) is 9.59 Å². The van der Waals surface area contributed by atoms with E-state index in [1.807, 2.05) is 32.9 Å². The van der Waals surface area contributed by atoms with Crippen LogP contribution in [0.15, 0.2) is 46.8 Å². The molecule has 1 amide bonds. The highest BCUT2D eigenvalue weighted by Crippen LogP contribution is 2.61. The number of nitrogens with zero attached hydrogens (tertiary/aromatic N) is 1. The van der Waals surface area contributed by atoms with Gasteiger partial charge in [-0.05, 0) is 96.5 Å². The Balaban J connectivity index is 1.03. The molecule has 0 aromatic rings. The molecule has 2 saturated carbocycles. The fourth-order valence-electron chi connectivity index (χ4n) is 16.0. The number of amides is 1. The molecule has 1 spiro atoms. The Labute approximate surface area is 496 Å². The first kappa shape index (κ1) is 65.0. The second kappa shape index (κ2) is 25.6. The van der Waals surface area contributed by atoms with Crippen molar-refractivity contribution in [3.63, 3.8) is 0 Å². The molecule has 7 fully saturated rings. The minimum atomic E-state index is -2.05. The van der Waals surface area contributed by atoms with E-state index in [0.717, 1.165) is 12.7 Å². The van der Waals surface area contributed by atoms with E-state index in [9.17, 15) is 50.0 Å². The van der Waals surface area contributed by atoms with Crippen molar-refractivity contribution in [3.8, 4) is 0 Å². The number of hydrogen-bond acceptors (Lipinski definition) is 22. The van der Waals surface area contributed by atoms with E-state index in [1.165, 1.54) is 13.8 Å². The van der Waals surface area contributed by atoms with Gasteiger partial charge in [0.25, 0.3) is 0 Å². The summed E-state index contributed by atoms with van der Waals surface area (Å²) in [4.78, 5) is 67.7. The minimum absolute atomic E-state index is 0.0539. The highest BCUT2D eigenvalue weighted by atomic mass is 16.7. The lowest BCUT2D eigenvalue weighted by Crippen LogP contribution is -2.65. The predicted molar refractivity (Wildman–Crippen MR) is 298 cm³/mol. The quantitative estimate of drug-likeness (QED) is 0.0359. The zero-order valence-corrected chi connectivity index (χ0v) is 50.9. The molecule has 9 rings (SSSR count). The number of nitrogens with one attached hydrogen (secondary N) is 1. The van der Waals surface area contributed by atoms with E-state index in [1.54, 1.807) is 33.8 Å². The second-order valence-corrected chi connectivity index (χ2v) is 26.2.